The molecule has 0 aliphatic rings. The summed E-state index contributed by atoms with van der Waals surface area (Å²) in [7, 11) is 0. The van der Waals surface area contributed by atoms with Gasteiger partial charge in [0.05, 0.1) is 18.8 Å². The molecule has 6 heteroatoms. The molecule has 2 N–H and O–H groups in total. The summed E-state index contributed by atoms with van der Waals surface area (Å²) in [5.74, 6) is 0.255. The van der Waals surface area contributed by atoms with E-state index in [1.54, 1.807) is 49.4 Å². The molecule has 6 nitrogen and oxygen atoms in total. The Bertz CT molecular complexity index is 716. The lowest BCUT2D eigenvalue weighted by atomic mass is 10.2. The molecule has 0 aliphatic heterocycles. The summed E-state index contributed by atoms with van der Waals surface area (Å²) in [4.78, 5) is 23.8. The van der Waals surface area contributed by atoms with Crippen molar-refractivity contribution in [3.05, 3.63) is 54.1 Å². The van der Waals surface area contributed by atoms with Gasteiger partial charge in [-0.15, -0.1) is 0 Å². The highest BCUT2D eigenvalue weighted by atomic mass is 16.5. The molecule has 0 fully saturated rings. The minimum Gasteiger partial charge on any atom is -0.494 e. The fourth-order valence-corrected chi connectivity index (χ4v) is 2.06. The number of nitrogens with one attached hydrogen (secondary N) is 2. The van der Waals surface area contributed by atoms with Gasteiger partial charge in [0.1, 0.15) is 5.75 Å². The largest absolute Gasteiger partial charge is 0.494 e. The Morgan fingerprint density at radius 2 is 1.58 bits per heavy atom. The number of amides is 2. The third-order valence-electron chi connectivity index (χ3n) is 3.03. The highest BCUT2D eigenvalue weighted by molar-refractivity contribution is 6.00. The van der Waals surface area contributed by atoms with Gasteiger partial charge in [-0.05, 0) is 44.2 Å². The van der Waals surface area contributed by atoms with Crippen LogP contribution in [0.5, 0.6) is 5.75 Å². The SMILES string of the molecule is CCOC(=O)c1cccc(NC(=O)Nc2cccc(OCC)c2)c1. The van der Waals surface area contributed by atoms with Crippen LogP contribution in [0.25, 0.3) is 0 Å². The van der Waals surface area contributed by atoms with Crippen LogP contribution >= 0.6 is 0 Å². The molecule has 0 atom stereocenters. The molecule has 24 heavy (non-hydrogen) atoms. The maximum atomic E-state index is 12.1. The van der Waals surface area contributed by atoms with Crippen LogP contribution < -0.4 is 15.4 Å². The molecule has 2 amide bonds. The second kappa shape index (κ2) is 8.57. The van der Waals surface area contributed by atoms with E-state index in [4.69, 9.17) is 9.47 Å². The topological polar surface area (TPSA) is 76.7 Å². The number of hydrogen-bond donors (Lipinski definition) is 2. The number of rotatable bonds is 6. The van der Waals surface area contributed by atoms with Crippen LogP contribution in [0.15, 0.2) is 48.5 Å². The molecule has 0 spiro atoms. The zero-order valence-corrected chi connectivity index (χ0v) is 13.7. The fourth-order valence-electron chi connectivity index (χ4n) is 2.06. The first-order valence-electron chi connectivity index (χ1n) is 7.70. The van der Waals surface area contributed by atoms with Crippen molar-refractivity contribution in [1.82, 2.24) is 0 Å². The van der Waals surface area contributed by atoms with Crippen molar-refractivity contribution in [3.8, 4) is 5.75 Å². The van der Waals surface area contributed by atoms with Crippen LogP contribution in [0.3, 0.4) is 0 Å². The minimum absolute atomic E-state index is 0.299. The second-order valence-electron chi connectivity index (χ2n) is 4.84. The van der Waals surface area contributed by atoms with Crippen LogP contribution in [-0.2, 0) is 4.74 Å². The highest BCUT2D eigenvalue weighted by Crippen LogP contribution is 2.18. The average molecular weight is 328 g/mol. The van der Waals surface area contributed by atoms with E-state index in [-0.39, 0.29) is 0 Å². The normalized spacial score (nSPS) is 9.92. The van der Waals surface area contributed by atoms with E-state index in [0.717, 1.165) is 0 Å². The van der Waals surface area contributed by atoms with Gasteiger partial charge in [0, 0.05) is 17.4 Å². The van der Waals surface area contributed by atoms with E-state index in [0.29, 0.717) is 35.9 Å². The monoisotopic (exact) mass is 328 g/mol. The molecule has 0 radical (unpaired) electrons. The molecule has 2 aromatic carbocycles. The Balaban J connectivity index is 2.01. The average Bonchev–Trinajstić information content (AvgIpc) is 2.56. The molecule has 2 rings (SSSR count). The van der Waals surface area contributed by atoms with Gasteiger partial charge in [0.15, 0.2) is 0 Å². The van der Waals surface area contributed by atoms with E-state index in [2.05, 4.69) is 10.6 Å². The standard InChI is InChI=1S/C18H20N2O4/c1-3-23-16-10-6-9-15(12-16)20-18(22)19-14-8-5-7-13(11-14)17(21)24-4-2/h5-12H,3-4H2,1-2H3,(H2,19,20,22). The molecule has 0 heterocycles. The number of anilines is 2. The molecule has 126 valence electrons. The van der Waals surface area contributed by atoms with Gasteiger partial charge >= 0.3 is 12.0 Å². The molecule has 0 bridgehead atoms. The number of carbonyl (C=O) groups is 2. The number of carbonyl (C=O) groups excluding carboxylic acids is 2. The summed E-state index contributed by atoms with van der Waals surface area (Å²) in [6.07, 6.45) is 0. The molecule has 0 unspecified atom stereocenters. The predicted octanol–water partition coefficient (Wildman–Crippen LogP) is 3.91. The Morgan fingerprint density at radius 1 is 0.917 bits per heavy atom. The van der Waals surface area contributed by atoms with Crippen LogP contribution in [-0.4, -0.2) is 25.2 Å². The summed E-state index contributed by atoms with van der Waals surface area (Å²) >= 11 is 0. The van der Waals surface area contributed by atoms with Crippen molar-refractivity contribution >= 4 is 23.4 Å². The van der Waals surface area contributed by atoms with Crippen molar-refractivity contribution in [3.63, 3.8) is 0 Å². The first-order chi connectivity index (χ1) is 11.6. The van der Waals surface area contributed by atoms with Crippen LogP contribution in [0, 0.1) is 0 Å². The molecule has 0 aromatic heterocycles. The van der Waals surface area contributed by atoms with Gasteiger partial charge in [-0.3, -0.25) is 0 Å². The molecular formula is C18H20N2O4. The lowest BCUT2D eigenvalue weighted by Gasteiger charge is -2.10. The van der Waals surface area contributed by atoms with Gasteiger partial charge < -0.3 is 20.1 Å². The van der Waals surface area contributed by atoms with Crippen LogP contribution in [0.1, 0.15) is 24.2 Å². The first kappa shape index (κ1) is 17.3. The number of esters is 1. The van der Waals surface area contributed by atoms with Crippen molar-refractivity contribution in [2.24, 2.45) is 0 Å². The lowest BCUT2D eigenvalue weighted by Crippen LogP contribution is -2.19. The lowest BCUT2D eigenvalue weighted by molar-refractivity contribution is 0.0526. The summed E-state index contributed by atoms with van der Waals surface area (Å²) in [6.45, 7) is 4.48. The van der Waals surface area contributed by atoms with E-state index in [1.165, 1.54) is 0 Å². The van der Waals surface area contributed by atoms with Crippen LogP contribution in [0.2, 0.25) is 0 Å². The smallest absolute Gasteiger partial charge is 0.338 e. The Morgan fingerprint density at radius 3 is 2.25 bits per heavy atom. The van der Waals surface area contributed by atoms with Crippen molar-refractivity contribution in [1.29, 1.82) is 0 Å². The minimum atomic E-state index is -0.425. The van der Waals surface area contributed by atoms with Gasteiger partial charge in [-0.1, -0.05) is 12.1 Å². The summed E-state index contributed by atoms with van der Waals surface area (Å²) in [6, 6.07) is 13.3. The van der Waals surface area contributed by atoms with Gasteiger partial charge in [0.2, 0.25) is 0 Å². The van der Waals surface area contributed by atoms with E-state index < -0.39 is 12.0 Å². The Hall–Kier alpha value is -3.02. The Kier molecular flexibility index (Phi) is 6.19. The summed E-state index contributed by atoms with van der Waals surface area (Å²) in [5, 5.41) is 5.40. The van der Waals surface area contributed by atoms with Gasteiger partial charge in [0.25, 0.3) is 0 Å². The zero-order valence-electron chi connectivity index (χ0n) is 13.7. The number of urea groups is 1. The fraction of sp³-hybridized carbons (Fsp3) is 0.222. The highest BCUT2D eigenvalue weighted by Gasteiger charge is 2.09. The third-order valence-corrected chi connectivity index (χ3v) is 3.03. The number of hydrogen-bond acceptors (Lipinski definition) is 4. The maximum Gasteiger partial charge on any atom is 0.338 e. The van der Waals surface area contributed by atoms with Crippen molar-refractivity contribution < 1.29 is 19.1 Å². The third kappa shape index (κ3) is 5.01. The van der Waals surface area contributed by atoms with Crippen molar-refractivity contribution in [2.45, 2.75) is 13.8 Å². The maximum absolute atomic E-state index is 12.1. The molecule has 2 aromatic rings. The first-order valence-corrected chi connectivity index (χ1v) is 7.70. The van der Waals surface area contributed by atoms with Crippen molar-refractivity contribution in [2.75, 3.05) is 23.8 Å². The van der Waals surface area contributed by atoms with Gasteiger partial charge in [-0.25, -0.2) is 9.59 Å². The van der Waals surface area contributed by atoms with E-state index >= 15 is 0 Å². The molecule has 0 aliphatic carbocycles. The predicted molar refractivity (Wildman–Crippen MR) is 92.7 cm³/mol. The van der Waals surface area contributed by atoms with E-state index in [1.807, 2.05) is 13.0 Å². The van der Waals surface area contributed by atoms with Crippen LogP contribution in [0.4, 0.5) is 16.2 Å². The molecular weight excluding hydrogens is 308 g/mol. The van der Waals surface area contributed by atoms with Gasteiger partial charge in [-0.2, -0.15) is 0 Å². The summed E-state index contributed by atoms with van der Waals surface area (Å²) in [5.41, 5.74) is 1.49. The zero-order chi connectivity index (χ0) is 17.4. The number of ether oxygens (including phenoxy) is 2. The number of benzene rings is 2. The molecule has 0 saturated heterocycles. The Labute approximate surface area is 140 Å². The second-order valence-corrected chi connectivity index (χ2v) is 4.84. The molecule has 0 saturated carbocycles. The van der Waals surface area contributed by atoms with E-state index in [9.17, 15) is 9.59 Å². The summed E-state index contributed by atoms with van der Waals surface area (Å²) < 4.78 is 10.3. The quantitative estimate of drug-likeness (QED) is 0.788.